The van der Waals surface area contributed by atoms with Crippen LogP contribution in [0.3, 0.4) is 0 Å². The summed E-state index contributed by atoms with van der Waals surface area (Å²) in [5, 5.41) is 6.18. The van der Waals surface area contributed by atoms with Crippen LogP contribution >= 0.6 is 0 Å². The number of anilines is 1. The summed E-state index contributed by atoms with van der Waals surface area (Å²) < 4.78 is 5.89. The summed E-state index contributed by atoms with van der Waals surface area (Å²) in [4.78, 5) is 12.2. The van der Waals surface area contributed by atoms with Gasteiger partial charge in [-0.2, -0.15) is 0 Å². The van der Waals surface area contributed by atoms with Crippen molar-refractivity contribution >= 4 is 11.6 Å². The maximum Gasteiger partial charge on any atom is 0.227 e. The first-order valence-corrected chi connectivity index (χ1v) is 8.39. The molecule has 1 saturated heterocycles. The number of aryl methyl sites for hydroxylation is 2. The summed E-state index contributed by atoms with van der Waals surface area (Å²) in [5.41, 5.74) is 3.15. The molecule has 2 aromatic carbocycles. The molecule has 1 aliphatic heterocycles. The van der Waals surface area contributed by atoms with Gasteiger partial charge in [0.2, 0.25) is 5.91 Å². The number of hydrogen-bond acceptors (Lipinski definition) is 3. The molecule has 2 N–H and O–H groups in total. The SMILES string of the molecule is Cc1cc(C)cc(Oc2ccc(NC(=O)C(C)C3CNC3)cc2)c1. The Kier molecular flexibility index (Phi) is 4.86. The van der Waals surface area contributed by atoms with E-state index in [0.29, 0.717) is 5.92 Å². The van der Waals surface area contributed by atoms with E-state index in [4.69, 9.17) is 4.74 Å². The molecule has 1 fully saturated rings. The summed E-state index contributed by atoms with van der Waals surface area (Å²) in [6.07, 6.45) is 0. The van der Waals surface area contributed by atoms with Crippen molar-refractivity contribution in [2.75, 3.05) is 18.4 Å². The lowest BCUT2D eigenvalue weighted by molar-refractivity contribution is -0.121. The van der Waals surface area contributed by atoms with Crippen molar-refractivity contribution in [3.05, 3.63) is 53.6 Å². The van der Waals surface area contributed by atoms with Gasteiger partial charge >= 0.3 is 0 Å². The van der Waals surface area contributed by atoms with Gasteiger partial charge in [-0.15, -0.1) is 0 Å². The van der Waals surface area contributed by atoms with Crippen molar-refractivity contribution in [3.63, 3.8) is 0 Å². The van der Waals surface area contributed by atoms with Gasteiger partial charge in [-0.3, -0.25) is 4.79 Å². The first-order valence-electron chi connectivity index (χ1n) is 8.39. The fourth-order valence-corrected chi connectivity index (χ4v) is 2.87. The third-order valence-electron chi connectivity index (χ3n) is 4.49. The molecule has 0 aliphatic carbocycles. The summed E-state index contributed by atoms with van der Waals surface area (Å²) in [6.45, 7) is 7.95. The second-order valence-corrected chi connectivity index (χ2v) is 6.65. The minimum atomic E-state index is 0.0254. The molecule has 2 aromatic rings. The molecule has 1 heterocycles. The summed E-state index contributed by atoms with van der Waals surface area (Å²) in [5.74, 6) is 2.13. The van der Waals surface area contributed by atoms with E-state index >= 15 is 0 Å². The number of carbonyl (C=O) groups is 1. The highest BCUT2D eigenvalue weighted by Crippen LogP contribution is 2.25. The molecular weight excluding hydrogens is 300 g/mol. The Hall–Kier alpha value is -2.33. The summed E-state index contributed by atoms with van der Waals surface area (Å²) in [7, 11) is 0. The van der Waals surface area contributed by atoms with Crippen LogP contribution in [0, 0.1) is 25.7 Å². The maximum atomic E-state index is 12.2. The van der Waals surface area contributed by atoms with Crippen LogP contribution in [0.2, 0.25) is 0 Å². The van der Waals surface area contributed by atoms with Crippen molar-refractivity contribution in [3.8, 4) is 11.5 Å². The number of ether oxygens (including phenoxy) is 1. The van der Waals surface area contributed by atoms with Gasteiger partial charge in [-0.05, 0) is 80.4 Å². The van der Waals surface area contributed by atoms with Gasteiger partial charge in [0.1, 0.15) is 11.5 Å². The molecule has 24 heavy (non-hydrogen) atoms. The largest absolute Gasteiger partial charge is 0.457 e. The Morgan fingerprint density at radius 2 is 1.71 bits per heavy atom. The standard InChI is InChI=1S/C20H24N2O2/c1-13-8-14(2)10-19(9-13)24-18-6-4-17(5-7-18)22-20(23)15(3)16-11-21-12-16/h4-10,15-16,21H,11-12H2,1-3H3,(H,22,23). The molecule has 126 valence electrons. The predicted octanol–water partition coefficient (Wildman–Crippen LogP) is 3.89. The van der Waals surface area contributed by atoms with Crippen LogP contribution < -0.4 is 15.4 Å². The van der Waals surface area contributed by atoms with Gasteiger partial charge in [-0.25, -0.2) is 0 Å². The highest BCUT2D eigenvalue weighted by molar-refractivity contribution is 5.92. The van der Waals surface area contributed by atoms with Gasteiger partial charge < -0.3 is 15.4 Å². The van der Waals surface area contributed by atoms with Crippen molar-refractivity contribution in [1.82, 2.24) is 5.32 Å². The van der Waals surface area contributed by atoms with Crippen molar-refractivity contribution < 1.29 is 9.53 Å². The Morgan fingerprint density at radius 3 is 2.25 bits per heavy atom. The lowest BCUT2D eigenvalue weighted by Gasteiger charge is -2.31. The second kappa shape index (κ2) is 7.05. The molecule has 4 nitrogen and oxygen atoms in total. The molecule has 1 amide bonds. The average molecular weight is 324 g/mol. The van der Waals surface area contributed by atoms with Crippen LogP contribution in [-0.4, -0.2) is 19.0 Å². The number of hydrogen-bond donors (Lipinski definition) is 2. The van der Waals surface area contributed by atoms with Gasteiger partial charge in [0, 0.05) is 11.6 Å². The van der Waals surface area contributed by atoms with Crippen molar-refractivity contribution in [2.45, 2.75) is 20.8 Å². The van der Waals surface area contributed by atoms with E-state index in [9.17, 15) is 4.79 Å². The lowest BCUT2D eigenvalue weighted by atomic mass is 9.88. The second-order valence-electron chi connectivity index (χ2n) is 6.65. The average Bonchev–Trinajstić information content (AvgIpc) is 2.46. The zero-order valence-corrected chi connectivity index (χ0v) is 14.4. The van der Waals surface area contributed by atoms with Crippen LogP contribution in [-0.2, 0) is 4.79 Å². The molecule has 3 rings (SSSR count). The molecule has 0 saturated carbocycles. The van der Waals surface area contributed by atoms with E-state index in [1.54, 1.807) is 0 Å². The molecular formula is C20H24N2O2. The summed E-state index contributed by atoms with van der Waals surface area (Å²) >= 11 is 0. The topological polar surface area (TPSA) is 50.4 Å². The monoisotopic (exact) mass is 324 g/mol. The highest BCUT2D eigenvalue weighted by Gasteiger charge is 2.28. The summed E-state index contributed by atoms with van der Waals surface area (Å²) in [6, 6.07) is 13.6. The number of benzene rings is 2. The fraction of sp³-hybridized carbons (Fsp3) is 0.350. The zero-order chi connectivity index (χ0) is 17.1. The van der Waals surface area contributed by atoms with Crippen LogP contribution in [0.15, 0.2) is 42.5 Å². The first-order chi connectivity index (χ1) is 11.5. The molecule has 0 radical (unpaired) electrons. The van der Waals surface area contributed by atoms with E-state index in [0.717, 1.165) is 30.3 Å². The lowest BCUT2D eigenvalue weighted by Crippen LogP contribution is -2.48. The Balaban J connectivity index is 1.61. The van der Waals surface area contributed by atoms with E-state index in [1.165, 1.54) is 11.1 Å². The first kappa shape index (κ1) is 16.5. The van der Waals surface area contributed by atoms with Crippen molar-refractivity contribution in [2.24, 2.45) is 11.8 Å². The molecule has 0 bridgehead atoms. The Morgan fingerprint density at radius 1 is 1.08 bits per heavy atom. The van der Waals surface area contributed by atoms with Crippen LogP contribution in [0.25, 0.3) is 0 Å². The minimum absolute atomic E-state index is 0.0254. The molecule has 0 aromatic heterocycles. The number of rotatable bonds is 5. The molecule has 4 heteroatoms. The van der Waals surface area contributed by atoms with E-state index in [2.05, 4.69) is 30.5 Å². The van der Waals surface area contributed by atoms with Crippen LogP contribution in [0.5, 0.6) is 11.5 Å². The van der Waals surface area contributed by atoms with Gasteiger partial charge in [0.05, 0.1) is 0 Å². The number of carbonyl (C=O) groups excluding carboxylic acids is 1. The third kappa shape index (κ3) is 3.95. The van der Waals surface area contributed by atoms with E-state index < -0.39 is 0 Å². The van der Waals surface area contributed by atoms with Gasteiger partial charge in [-0.1, -0.05) is 13.0 Å². The quantitative estimate of drug-likeness (QED) is 0.877. The molecule has 1 aliphatic rings. The van der Waals surface area contributed by atoms with Gasteiger partial charge in [0.15, 0.2) is 0 Å². The zero-order valence-electron chi connectivity index (χ0n) is 14.4. The normalized spacial score (nSPS) is 15.5. The highest BCUT2D eigenvalue weighted by atomic mass is 16.5. The molecule has 0 spiro atoms. The van der Waals surface area contributed by atoms with Crippen LogP contribution in [0.1, 0.15) is 18.1 Å². The molecule has 1 atom stereocenters. The maximum absolute atomic E-state index is 12.2. The van der Waals surface area contributed by atoms with E-state index in [-0.39, 0.29) is 11.8 Å². The van der Waals surface area contributed by atoms with E-state index in [1.807, 2.05) is 43.3 Å². The molecule has 1 unspecified atom stereocenters. The fourth-order valence-electron chi connectivity index (χ4n) is 2.87. The van der Waals surface area contributed by atoms with Crippen molar-refractivity contribution in [1.29, 1.82) is 0 Å². The number of amides is 1. The Bertz CT molecular complexity index is 701. The smallest absolute Gasteiger partial charge is 0.227 e. The van der Waals surface area contributed by atoms with Gasteiger partial charge in [0.25, 0.3) is 0 Å². The van der Waals surface area contributed by atoms with Crippen LogP contribution in [0.4, 0.5) is 5.69 Å². The third-order valence-corrected chi connectivity index (χ3v) is 4.49. The predicted molar refractivity (Wildman–Crippen MR) is 96.6 cm³/mol. The minimum Gasteiger partial charge on any atom is -0.457 e. The Labute approximate surface area is 143 Å². The number of nitrogens with one attached hydrogen (secondary N) is 2.